The Balaban J connectivity index is 1.64. The summed E-state index contributed by atoms with van der Waals surface area (Å²) in [5, 5.41) is 3.62. The van der Waals surface area contributed by atoms with Gasteiger partial charge in [0.15, 0.2) is 0 Å². The van der Waals surface area contributed by atoms with Gasteiger partial charge in [0.2, 0.25) is 0 Å². The zero-order chi connectivity index (χ0) is 14.7. The Bertz CT molecular complexity index is 488. The number of hydrogen-bond donors (Lipinski definition) is 1. The van der Waals surface area contributed by atoms with Gasteiger partial charge in [-0.05, 0) is 42.7 Å². The van der Waals surface area contributed by atoms with Gasteiger partial charge < -0.3 is 10.2 Å². The van der Waals surface area contributed by atoms with Crippen LogP contribution < -0.4 is 5.32 Å². The molecule has 2 unspecified atom stereocenters. The average Bonchev–Trinajstić information content (AvgIpc) is 2.84. The molecule has 3 rings (SSSR count). The van der Waals surface area contributed by atoms with E-state index in [1.54, 1.807) is 0 Å². The summed E-state index contributed by atoms with van der Waals surface area (Å²) in [4.78, 5) is 14.7. The Morgan fingerprint density at radius 3 is 2.76 bits per heavy atom. The highest BCUT2D eigenvalue weighted by Gasteiger charge is 2.31. The van der Waals surface area contributed by atoms with Crippen LogP contribution in [0.25, 0.3) is 0 Å². The summed E-state index contributed by atoms with van der Waals surface area (Å²) in [6.07, 6.45) is 3.57. The van der Waals surface area contributed by atoms with Crippen molar-refractivity contribution in [1.82, 2.24) is 10.2 Å². The van der Waals surface area contributed by atoms with Gasteiger partial charge in [-0.25, -0.2) is 0 Å². The summed E-state index contributed by atoms with van der Waals surface area (Å²) in [7, 11) is 0. The molecule has 114 valence electrons. The van der Waals surface area contributed by atoms with Crippen LogP contribution in [0.5, 0.6) is 0 Å². The lowest BCUT2D eigenvalue weighted by Crippen LogP contribution is -2.39. The molecule has 2 heterocycles. The third-order valence-electron chi connectivity index (χ3n) is 4.48. The number of thioether (sulfide) groups is 1. The normalized spacial score (nSPS) is 24.9. The Kier molecular flexibility index (Phi) is 4.86. The van der Waals surface area contributed by atoms with E-state index in [4.69, 9.17) is 0 Å². The largest absolute Gasteiger partial charge is 0.337 e. The van der Waals surface area contributed by atoms with Gasteiger partial charge >= 0.3 is 0 Å². The first-order valence-electron chi connectivity index (χ1n) is 7.98. The maximum absolute atomic E-state index is 12.6. The Labute approximate surface area is 131 Å². The van der Waals surface area contributed by atoms with Gasteiger partial charge in [0.05, 0.1) is 0 Å². The number of fused-ring (bicyclic) bond motifs is 2. The van der Waals surface area contributed by atoms with Crippen LogP contribution in [0.4, 0.5) is 0 Å². The summed E-state index contributed by atoms with van der Waals surface area (Å²) in [5.41, 5.74) is 2.13. The molecule has 0 saturated carbocycles. The second kappa shape index (κ2) is 6.84. The van der Waals surface area contributed by atoms with E-state index < -0.39 is 0 Å². The van der Waals surface area contributed by atoms with Crippen molar-refractivity contribution >= 4 is 17.7 Å². The molecule has 0 aliphatic carbocycles. The topological polar surface area (TPSA) is 32.3 Å². The number of hydrogen-bond acceptors (Lipinski definition) is 3. The number of nitrogens with one attached hydrogen (secondary N) is 1. The Hall–Kier alpha value is -1.00. The summed E-state index contributed by atoms with van der Waals surface area (Å²) >= 11 is 1.91. The van der Waals surface area contributed by atoms with Crippen LogP contribution in [0.2, 0.25) is 0 Å². The molecule has 0 radical (unpaired) electrons. The minimum Gasteiger partial charge on any atom is -0.337 e. The first kappa shape index (κ1) is 14.9. The quantitative estimate of drug-likeness (QED) is 0.928. The second-order valence-electron chi connectivity index (χ2n) is 6.01. The summed E-state index contributed by atoms with van der Waals surface area (Å²) in [6, 6.07) is 9.30. The number of nitrogens with zero attached hydrogens (tertiary/aromatic N) is 1. The summed E-state index contributed by atoms with van der Waals surface area (Å²) < 4.78 is 0. The minimum atomic E-state index is 0.194. The van der Waals surface area contributed by atoms with Crippen LogP contribution >= 0.6 is 11.8 Å². The van der Waals surface area contributed by atoms with E-state index in [1.165, 1.54) is 18.4 Å². The number of benzene rings is 1. The van der Waals surface area contributed by atoms with Crippen molar-refractivity contribution in [2.45, 2.75) is 44.0 Å². The maximum atomic E-state index is 12.6. The number of rotatable bonds is 4. The molecule has 2 fully saturated rings. The molecule has 2 atom stereocenters. The fourth-order valence-electron chi connectivity index (χ4n) is 3.27. The van der Waals surface area contributed by atoms with Crippen LogP contribution in [-0.4, -0.2) is 41.7 Å². The number of amides is 1. The third-order valence-corrected chi connectivity index (χ3v) is 5.43. The van der Waals surface area contributed by atoms with E-state index in [2.05, 4.69) is 24.4 Å². The Morgan fingerprint density at radius 2 is 2.00 bits per heavy atom. The molecule has 1 aromatic rings. The van der Waals surface area contributed by atoms with Gasteiger partial charge in [-0.1, -0.05) is 19.1 Å². The molecular formula is C17H24N2OS. The van der Waals surface area contributed by atoms with Crippen molar-refractivity contribution in [3.8, 4) is 0 Å². The number of carbonyl (C=O) groups excluding carboxylic acids is 1. The third kappa shape index (κ3) is 3.61. The molecule has 2 aliphatic heterocycles. The van der Waals surface area contributed by atoms with Gasteiger partial charge in [-0.2, -0.15) is 11.8 Å². The zero-order valence-corrected chi connectivity index (χ0v) is 13.5. The molecule has 2 aliphatic rings. The minimum absolute atomic E-state index is 0.194. The van der Waals surface area contributed by atoms with Crippen molar-refractivity contribution in [2.75, 3.05) is 18.8 Å². The van der Waals surface area contributed by atoms with Crippen LogP contribution in [0.1, 0.15) is 42.1 Å². The molecule has 3 nitrogen and oxygen atoms in total. The first-order chi connectivity index (χ1) is 10.3. The first-order valence-corrected chi connectivity index (χ1v) is 9.13. The van der Waals surface area contributed by atoms with Gasteiger partial charge in [-0.15, -0.1) is 0 Å². The van der Waals surface area contributed by atoms with Crippen LogP contribution in [0.15, 0.2) is 24.3 Å². The lowest BCUT2D eigenvalue weighted by atomic mass is 10.1. The fraction of sp³-hybridized carbons (Fsp3) is 0.588. The standard InChI is InChI=1S/C17H24N2OS/c1-2-21-12-13-3-5-14(6-4-13)17(20)19-10-9-15-7-8-16(11-19)18-15/h3-6,15-16,18H,2,7-12H2,1H3. The molecule has 1 N–H and O–H groups in total. The van der Waals surface area contributed by atoms with Gasteiger partial charge in [0.25, 0.3) is 5.91 Å². The molecule has 21 heavy (non-hydrogen) atoms. The average molecular weight is 304 g/mol. The molecule has 2 saturated heterocycles. The van der Waals surface area contributed by atoms with Crippen LogP contribution in [0, 0.1) is 0 Å². The van der Waals surface area contributed by atoms with Crippen molar-refractivity contribution in [3.05, 3.63) is 35.4 Å². The number of likely N-dealkylation sites (tertiary alicyclic amines) is 1. The van der Waals surface area contributed by atoms with E-state index in [0.717, 1.165) is 36.6 Å². The van der Waals surface area contributed by atoms with Crippen molar-refractivity contribution in [2.24, 2.45) is 0 Å². The molecule has 4 heteroatoms. The van der Waals surface area contributed by atoms with Gasteiger partial charge in [0.1, 0.15) is 0 Å². The smallest absolute Gasteiger partial charge is 0.253 e. The van der Waals surface area contributed by atoms with Crippen molar-refractivity contribution < 1.29 is 4.79 Å². The fourth-order valence-corrected chi connectivity index (χ4v) is 3.91. The lowest BCUT2D eigenvalue weighted by molar-refractivity contribution is 0.0748. The zero-order valence-electron chi connectivity index (χ0n) is 12.7. The molecular weight excluding hydrogens is 280 g/mol. The summed E-state index contributed by atoms with van der Waals surface area (Å²) in [6.45, 7) is 3.92. The lowest BCUT2D eigenvalue weighted by Gasteiger charge is -2.24. The molecule has 0 spiro atoms. The highest BCUT2D eigenvalue weighted by Crippen LogP contribution is 2.22. The highest BCUT2D eigenvalue weighted by atomic mass is 32.2. The molecule has 0 aromatic heterocycles. The van der Waals surface area contributed by atoms with Gasteiger partial charge in [-0.3, -0.25) is 4.79 Å². The van der Waals surface area contributed by atoms with Crippen LogP contribution in [0.3, 0.4) is 0 Å². The predicted molar refractivity (Wildman–Crippen MR) is 88.7 cm³/mol. The van der Waals surface area contributed by atoms with Crippen LogP contribution in [-0.2, 0) is 5.75 Å². The van der Waals surface area contributed by atoms with Crippen molar-refractivity contribution in [3.63, 3.8) is 0 Å². The summed E-state index contributed by atoms with van der Waals surface area (Å²) in [5.74, 6) is 2.35. The van der Waals surface area contributed by atoms with Crippen molar-refractivity contribution in [1.29, 1.82) is 0 Å². The molecule has 1 aromatic carbocycles. The van der Waals surface area contributed by atoms with E-state index in [-0.39, 0.29) is 5.91 Å². The van der Waals surface area contributed by atoms with E-state index in [9.17, 15) is 4.79 Å². The monoisotopic (exact) mass is 304 g/mol. The van der Waals surface area contributed by atoms with E-state index >= 15 is 0 Å². The van der Waals surface area contributed by atoms with E-state index in [1.807, 2.05) is 28.8 Å². The second-order valence-corrected chi connectivity index (χ2v) is 7.29. The maximum Gasteiger partial charge on any atom is 0.253 e. The molecule has 2 bridgehead atoms. The van der Waals surface area contributed by atoms with Gasteiger partial charge in [0, 0.05) is 36.5 Å². The molecule has 1 amide bonds. The van der Waals surface area contributed by atoms with E-state index in [0.29, 0.717) is 12.1 Å². The predicted octanol–water partition coefficient (Wildman–Crippen LogP) is 2.91. The Morgan fingerprint density at radius 1 is 1.24 bits per heavy atom. The SMILES string of the molecule is CCSCc1ccc(C(=O)N2CCC3CCC(C2)N3)cc1. The highest BCUT2D eigenvalue weighted by molar-refractivity contribution is 7.98. The number of carbonyl (C=O) groups is 1.